The van der Waals surface area contributed by atoms with Crippen LogP contribution in [0.4, 0.5) is 24.5 Å². The zero-order valence-corrected chi connectivity index (χ0v) is 11.6. The summed E-state index contributed by atoms with van der Waals surface area (Å²) in [6.45, 7) is 1.87. The number of carbonyl (C=O) groups is 1. The number of anilines is 2. The Morgan fingerprint density at radius 1 is 1.10 bits per heavy atom. The van der Waals surface area contributed by atoms with E-state index in [1.165, 1.54) is 17.0 Å². The third-order valence-electron chi connectivity index (χ3n) is 3.21. The lowest BCUT2D eigenvalue weighted by Crippen LogP contribution is -2.17. The predicted octanol–water partition coefficient (Wildman–Crippen LogP) is 4.59. The average molecular weight is 293 g/mol. The normalized spacial score (nSPS) is 11.3. The Hall–Kier alpha value is -2.30. The molecule has 0 saturated heterocycles. The first kappa shape index (κ1) is 15.1. The molecule has 2 aromatic rings. The van der Waals surface area contributed by atoms with Gasteiger partial charge in [0.25, 0.3) is 0 Å². The van der Waals surface area contributed by atoms with E-state index in [-0.39, 0.29) is 11.3 Å². The fourth-order valence-corrected chi connectivity index (χ4v) is 2.12. The molecular formula is C16H14F3NO. The molecule has 0 bridgehead atoms. The smallest absolute Gasteiger partial charge is 0.344 e. The molecule has 2 aromatic carbocycles. The van der Waals surface area contributed by atoms with E-state index in [1.807, 2.05) is 13.0 Å². The largest absolute Gasteiger partial charge is 0.418 e. The number of alkyl halides is 3. The molecule has 0 aromatic heterocycles. The first-order chi connectivity index (χ1) is 9.82. The zero-order chi connectivity index (χ0) is 15.6. The second kappa shape index (κ2) is 5.60. The van der Waals surface area contributed by atoms with Crippen molar-refractivity contribution in [2.45, 2.75) is 13.1 Å². The number of nitrogens with zero attached hydrogens (tertiary/aromatic N) is 1. The van der Waals surface area contributed by atoms with Gasteiger partial charge in [0.2, 0.25) is 0 Å². The maximum Gasteiger partial charge on any atom is 0.418 e. The Morgan fingerprint density at radius 2 is 1.81 bits per heavy atom. The van der Waals surface area contributed by atoms with Crippen molar-refractivity contribution in [1.82, 2.24) is 0 Å². The van der Waals surface area contributed by atoms with Crippen LogP contribution in [-0.4, -0.2) is 13.3 Å². The van der Waals surface area contributed by atoms with Gasteiger partial charge in [0.15, 0.2) is 0 Å². The van der Waals surface area contributed by atoms with Crippen LogP contribution in [0.15, 0.2) is 42.5 Å². The minimum Gasteiger partial charge on any atom is -0.344 e. The highest BCUT2D eigenvalue weighted by Gasteiger charge is 2.35. The quantitative estimate of drug-likeness (QED) is 0.771. The van der Waals surface area contributed by atoms with Gasteiger partial charge in [-0.15, -0.1) is 0 Å². The summed E-state index contributed by atoms with van der Waals surface area (Å²) in [4.78, 5) is 12.2. The van der Waals surface area contributed by atoms with Crippen LogP contribution >= 0.6 is 0 Å². The van der Waals surface area contributed by atoms with Gasteiger partial charge >= 0.3 is 6.18 Å². The summed E-state index contributed by atoms with van der Waals surface area (Å²) in [7, 11) is 1.57. The van der Waals surface area contributed by atoms with E-state index in [2.05, 4.69) is 0 Å². The van der Waals surface area contributed by atoms with Gasteiger partial charge in [-0.1, -0.05) is 12.1 Å². The molecule has 0 aliphatic rings. The molecule has 0 radical (unpaired) electrons. The molecule has 0 heterocycles. The molecule has 0 aliphatic heterocycles. The Bertz CT molecular complexity index is 665. The van der Waals surface area contributed by atoms with Crippen molar-refractivity contribution in [2.24, 2.45) is 0 Å². The summed E-state index contributed by atoms with van der Waals surface area (Å²) >= 11 is 0. The first-order valence-corrected chi connectivity index (χ1v) is 6.30. The molecule has 0 amide bonds. The molecule has 21 heavy (non-hydrogen) atoms. The van der Waals surface area contributed by atoms with Crippen molar-refractivity contribution in [3.63, 3.8) is 0 Å². The van der Waals surface area contributed by atoms with Gasteiger partial charge in [-0.05, 0) is 42.8 Å². The van der Waals surface area contributed by atoms with Crippen molar-refractivity contribution in [2.75, 3.05) is 11.9 Å². The summed E-state index contributed by atoms with van der Waals surface area (Å²) < 4.78 is 39.5. The van der Waals surface area contributed by atoms with Crippen LogP contribution in [0.3, 0.4) is 0 Å². The topological polar surface area (TPSA) is 20.3 Å². The zero-order valence-electron chi connectivity index (χ0n) is 11.6. The minimum atomic E-state index is -4.52. The van der Waals surface area contributed by atoms with E-state index in [4.69, 9.17) is 0 Å². The minimum absolute atomic E-state index is 0.00344. The lowest BCUT2D eigenvalue weighted by atomic mass is 10.1. The maximum atomic E-state index is 13.2. The van der Waals surface area contributed by atoms with Crippen LogP contribution in [0.25, 0.3) is 0 Å². The highest BCUT2D eigenvalue weighted by molar-refractivity contribution is 5.78. The van der Waals surface area contributed by atoms with E-state index in [9.17, 15) is 18.0 Å². The van der Waals surface area contributed by atoms with Crippen molar-refractivity contribution in [3.05, 3.63) is 59.2 Å². The lowest BCUT2D eigenvalue weighted by molar-refractivity contribution is -0.137. The highest BCUT2D eigenvalue weighted by Crippen LogP contribution is 2.39. The molecule has 2 nitrogen and oxygen atoms in total. The molecule has 5 heteroatoms. The molecule has 0 N–H and O–H groups in total. The van der Waals surface area contributed by atoms with Crippen LogP contribution in [0, 0.1) is 6.92 Å². The van der Waals surface area contributed by atoms with Crippen molar-refractivity contribution < 1.29 is 18.0 Å². The van der Waals surface area contributed by atoms with E-state index in [0.717, 1.165) is 11.6 Å². The Labute approximate surface area is 120 Å². The van der Waals surface area contributed by atoms with Gasteiger partial charge in [0, 0.05) is 18.3 Å². The van der Waals surface area contributed by atoms with E-state index >= 15 is 0 Å². The van der Waals surface area contributed by atoms with Gasteiger partial charge < -0.3 is 4.90 Å². The number of aryl methyl sites for hydroxylation is 1. The van der Waals surface area contributed by atoms with Gasteiger partial charge in [-0.3, -0.25) is 4.79 Å². The average Bonchev–Trinajstić information content (AvgIpc) is 2.45. The van der Waals surface area contributed by atoms with Crippen LogP contribution < -0.4 is 4.90 Å². The van der Waals surface area contributed by atoms with Crippen LogP contribution in [0.1, 0.15) is 21.5 Å². The van der Waals surface area contributed by atoms with Crippen molar-refractivity contribution in [1.29, 1.82) is 0 Å². The van der Waals surface area contributed by atoms with Crippen LogP contribution in [0.5, 0.6) is 0 Å². The van der Waals surface area contributed by atoms with Gasteiger partial charge in [0.05, 0.1) is 11.3 Å². The Morgan fingerprint density at radius 3 is 2.38 bits per heavy atom. The second-order valence-corrected chi connectivity index (χ2v) is 4.79. The number of hydrogen-bond acceptors (Lipinski definition) is 2. The molecule has 0 fully saturated rings. The first-order valence-electron chi connectivity index (χ1n) is 6.30. The maximum absolute atomic E-state index is 13.2. The Balaban J connectivity index is 2.55. The van der Waals surface area contributed by atoms with Crippen LogP contribution in [-0.2, 0) is 6.18 Å². The standard InChI is InChI=1S/C16H14F3NO/c1-11-4-3-5-13(8-11)20(2)15-7-6-12(10-21)9-14(15)16(17,18)19/h3-10H,1-2H3. The molecule has 0 saturated carbocycles. The van der Waals surface area contributed by atoms with Gasteiger partial charge in [0.1, 0.15) is 6.29 Å². The predicted molar refractivity (Wildman–Crippen MR) is 76.1 cm³/mol. The van der Waals surface area contributed by atoms with E-state index in [1.54, 1.807) is 25.2 Å². The van der Waals surface area contributed by atoms with Crippen molar-refractivity contribution in [3.8, 4) is 0 Å². The van der Waals surface area contributed by atoms with Gasteiger partial charge in [-0.2, -0.15) is 13.2 Å². The molecule has 0 aliphatic carbocycles. The third-order valence-corrected chi connectivity index (χ3v) is 3.21. The SMILES string of the molecule is Cc1cccc(N(C)c2ccc(C=O)cc2C(F)(F)F)c1. The molecular weight excluding hydrogens is 279 g/mol. The van der Waals surface area contributed by atoms with Crippen molar-refractivity contribution >= 4 is 17.7 Å². The van der Waals surface area contributed by atoms with Gasteiger partial charge in [-0.25, -0.2) is 0 Å². The summed E-state index contributed by atoms with van der Waals surface area (Å²) in [5.41, 5.74) is 0.801. The lowest BCUT2D eigenvalue weighted by Gasteiger charge is -2.24. The van der Waals surface area contributed by atoms with E-state index in [0.29, 0.717) is 12.0 Å². The van der Waals surface area contributed by atoms with Crippen LogP contribution in [0.2, 0.25) is 0 Å². The summed E-state index contributed by atoms with van der Waals surface area (Å²) in [5, 5.41) is 0. The number of rotatable bonds is 3. The number of hydrogen-bond donors (Lipinski definition) is 0. The fourth-order valence-electron chi connectivity index (χ4n) is 2.12. The second-order valence-electron chi connectivity index (χ2n) is 4.79. The monoisotopic (exact) mass is 293 g/mol. The molecule has 0 unspecified atom stereocenters. The third kappa shape index (κ3) is 3.24. The summed E-state index contributed by atoms with van der Waals surface area (Å²) in [6.07, 6.45) is -4.11. The molecule has 0 atom stereocenters. The summed E-state index contributed by atoms with van der Waals surface area (Å²) in [5.74, 6) is 0. The number of benzene rings is 2. The van der Waals surface area contributed by atoms with E-state index < -0.39 is 11.7 Å². The highest BCUT2D eigenvalue weighted by atomic mass is 19.4. The summed E-state index contributed by atoms with van der Waals surface area (Å²) in [6, 6.07) is 10.8. The fraction of sp³-hybridized carbons (Fsp3) is 0.188. The number of carbonyl (C=O) groups excluding carboxylic acids is 1. The Kier molecular flexibility index (Phi) is 4.02. The number of aldehydes is 1. The number of halogens is 3. The molecule has 2 rings (SSSR count). The molecule has 0 spiro atoms. The molecule has 110 valence electrons.